The van der Waals surface area contributed by atoms with Crippen molar-refractivity contribution >= 4 is 28.5 Å². The minimum Gasteiger partial charge on any atom is -0.397 e. The van der Waals surface area contributed by atoms with E-state index >= 15 is 0 Å². The van der Waals surface area contributed by atoms with E-state index < -0.39 is 4.92 Å². The quantitative estimate of drug-likeness (QED) is 0.399. The molecule has 0 fully saturated rings. The van der Waals surface area contributed by atoms with Crippen molar-refractivity contribution in [3.05, 3.63) is 75.3 Å². The van der Waals surface area contributed by atoms with Crippen molar-refractivity contribution in [3.63, 3.8) is 0 Å². The van der Waals surface area contributed by atoms with Crippen molar-refractivity contribution in [2.24, 2.45) is 0 Å². The van der Waals surface area contributed by atoms with Gasteiger partial charge in [-0.15, -0.1) is 0 Å². The first-order chi connectivity index (χ1) is 13.4. The molecule has 0 saturated heterocycles. The maximum atomic E-state index is 12.6. The molecular weight excluding hydrogens is 360 g/mol. The highest BCUT2D eigenvalue weighted by Crippen LogP contribution is 2.26. The number of rotatable bonds is 4. The number of aromatic amines is 1. The lowest BCUT2D eigenvalue weighted by molar-refractivity contribution is -0.401. The Bertz CT molecular complexity index is 1200. The van der Waals surface area contributed by atoms with Gasteiger partial charge in [0.15, 0.2) is 11.6 Å². The predicted molar refractivity (Wildman–Crippen MR) is 104 cm³/mol. The number of anilines is 1. The van der Waals surface area contributed by atoms with Crippen molar-refractivity contribution in [1.29, 1.82) is 0 Å². The molecular formula is C20H16N4O4. The lowest BCUT2D eigenvalue weighted by atomic mass is 10.1. The monoisotopic (exact) mass is 376 g/mol. The second-order valence-electron chi connectivity index (χ2n) is 6.54. The molecule has 8 heteroatoms. The lowest BCUT2D eigenvalue weighted by Gasteiger charge is -2.07. The van der Waals surface area contributed by atoms with Gasteiger partial charge in [-0.3, -0.25) is 14.9 Å². The van der Waals surface area contributed by atoms with Crippen LogP contribution in [0.15, 0.2) is 52.9 Å². The largest absolute Gasteiger partial charge is 0.433 e. The number of imidazole rings is 1. The van der Waals surface area contributed by atoms with Crippen LogP contribution in [0.4, 0.5) is 11.6 Å². The van der Waals surface area contributed by atoms with Crippen LogP contribution in [-0.4, -0.2) is 20.8 Å². The zero-order valence-corrected chi connectivity index (χ0v) is 15.1. The number of nitrogens with one attached hydrogen (secondary N) is 2. The number of carbonyl (C=O) groups is 1. The van der Waals surface area contributed by atoms with E-state index in [9.17, 15) is 14.9 Å². The van der Waals surface area contributed by atoms with Gasteiger partial charge in [-0.1, -0.05) is 6.07 Å². The van der Waals surface area contributed by atoms with Gasteiger partial charge in [-0.05, 0) is 61.4 Å². The Morgan fingerprint density at radius 3 is 2.54 bits per heavy atom. The Labute approximate surface area is 159 Å². The summed E-state index contributed by atoms with van der Waals surface area (Å²) in [7, 11) is 0. The number of hydrogen-bond donors (Lipinski definition) is 2. The standard InChI is InChI=1S/C20H16N4O4/c1-11-7-12(2)9-14(8-11)21-20(25)13-3-4-15-16(10-13)23-19(22-15)17-5-6-18(28-17)24(26)27/h3-10H,1-2H3,(H,21,25)(H,22,23). The van der Waals surface area contributed by atoms with E-state index in [2.05, 4.69) is 15.3 Å². The first-order valence-electron chi connectivity index (χ1n) is 8.53. The third kappa shape index (κ3) is 3.35. The first-order valence-corrected chi connectivity index (χ1v) is 8.53. The Kier molecular flexibility index (Phi) is 4.15. The molecule has 0 atom stereocenters. The van der Waals surface area contributed by atoms with Crippen LogP contribution in [0.2, 0.25) is 0 Å². The molecule has 0 spiro atoms. The summed E-state index contributed by atoms with van der Waals surface area (Å²) in [4.78, 5) is 30.1. The van der Waals surface area contributed by atoms with Crippen LogP contribution in [0.25, 0.3) is 22.6 Å². The molecule has 8 nitrogen and oxygen atoms in total. The number of benzene rings is 2. The van der Waals surface area contributed by atoms with E-state index in [0.29, 0.717) is 22.4 Å². The van der Waals surface area contributed by atoms with Crippen LogP contribution in [0, 0.1) is 24.0 Å². The number of nitro groups is 1. The van der Waals surface area contributed by atoms with Gasteiger partial charge in [0, 0.05) is 11.3 Å². The van der Waals surface area contributed by atoms with Gasteiger partial charge in [0.2, 0.25) is 0 Å². The number of nitrogens with zero attached hydrogens (tertiary/aromatic N) is 2. The molecule has 2 heterocycles. The molecule has 0 aliphatic carbocycles. The number of carbonyl (C=O) groups excluding carboxylic acids is 1. The van der Waals surface area contributed by atoms with Gasteiger partial charge in [0.25, 0.3) is 5.91 Å². The number of furan rings is 1. The Morgan fingerprint density at radius 2 is 1.86 bits per heavy atom. The van der Waals surface area contributed by atoms with E-state index in [0.717, 1.165) is 16.8 Å². The van der Waals surface area contributed by atoms with Gasteiger partial charge < -0.3 is 14.7 Å². The molecule has 0 aliphatic heterocycles. The Morgan fingerprint density at radius 1 is 1.11 bits per heavy atom. The fraction of sp³-hybridized carbons (Fsp3) is 0.100. The number of aromatic nitrogens is 2. The van der Waals surface area contributed by atoms with Crippen LogP contribution in [0.3, 0.4) is 0 Å². The van der Waals surface area contributed by atoms with Gasteiger partial charge in [0.05, 0.1) is 17.1 Å². The molecule has 28 heavy (non-hydrogen) atoms. The molecule has 2 N–H and O–H groups in total. The molecule has 0 saturated carbocycles. The van der Waals surface area contributed by atoms with Gasteiger partial charge >= 0.3 is 5.88 Å². The van der Waals surface area contributed by atoms with Gasteiger partial charge in [-0.2, -0.15) is 0 Å². The molecule has 2 aromatic heterocycles. The highest BCUT2D eigenvalue weighted by atomic mass is 16.6. The van der Waals surface area contributed by atoms with Crippen molar-refractivity contribution in [2.45, 2.75) is 13.8 Å². The highest BCUT2D eigenvalue weighted by Gasteiger charge is 2.16. The summed E-state index contributed by atoms with van der Waals surface area (Å²) in [6.07, 6.45) is 0. The number of H-pyrrole nitrogens is 1. The number of aryl methyl sites for hydroxylation is 2. The Hall–Kier alpha value is -3.94. The number of hydrogen-bond acceptors (Lipinski definition) is 5. The van der Waals surface area contributed by atoms with Crippen LogP contribution in [0.1, 0.15) is 21.5 Å². The second kappa shape index (κ2) is 6.66. The van der Waals surface area contributed by atoms with Crippen molar-refractivity contribution in [3.8, 4) is 11.6 Å². The van der Waals surface area contributed by atoms with E-state index in [-0.39, 0.29) is 17.6 Å². The highest BCUT2D eigenvalue weighted by molar-refractivity contribution is 6.06. The summed E-state index contributed by atoms with van der Waals surface area (Å²) in [5.74, 6) is 0.0137. The molecule has 1 amide bonds. The van der Waals surface area contributed by atoms with Crippen LogP contribution in [0.5, 0.6) is 0 Å². The minimum absolute atomic E-state index is 0.239. The molecule has 140 valence electrons. The van der Waals surface area contributed by atoms with Crippen LogP contribution >= 0.6 is 0 Å². The van der Waals surface area contributed by atoms with E-state index in [1.54, 1.807) is 18.2 Å². The zero-order valence-electron chi connectivity index (χ0n) is 15.1. The average Bonchev–Trinajstić information content (AvgIpc) is 3.27. The maximum Gasteiger partial charge on any atom is 0.433 e. The SMILES string of the molecule is Cc1cc(C)cc(NC(=O)c2ccc3nc(-c4ccc([N+](=O)[O-])o4)[nH]c3c2)c1. The zero-order chi connectivity index (χ0) is 19.8. The topological polar surface area (TPSA) is 114 Å². The van der Waals surface area contributed by atoms with E-state index in [4.69, 9.17) is 4.42 Å². The fourth-order valence-electron chi connectivity index (χ4n) is 3.07. The summed E-state index contributed by atoms with van der Waals surface area (Å²) in [6, 6.07) is 13.7. The Balaban J connectivity index is 1.62. The summed E-state index contributed by atoms with van der Waals surface area (Å²) >= 11 is 0. The summed E-state index contributed by atoms with van der Waals surface area (Å²) in [5, 5.41) is 13.7. The predicted octanol–water partition coefficient (Wildman–Crippen LogP) is 4.60. The first kappa shape index (κ1) is 17.5. The molecule has 4 rings (SSSR count). The third-order valence-electron chi connectivity index (χ3n) is 4.23. The number of amides is 1. The van der Waals surface area contributed by atoms with E-state index in [1.807, 2.05) is 32.0 Å². The van der Waals surface area contributed by atoms with Crippen molar-refractivity contribution < 1.29 is 14.1 Å². The number of fused-ring (bicyclic) bond motifs is 1. The maximum absolute atomic E-state index is 12.6. The van der Waals surface area contributed by atoms with Crippen LogP contribution < -0.4 is 5.32 Å². The van der Waals surface area contributed by atoms with Crippen molar-refractivity contribution in [1.82, 2.24) is 9.97 Å². The molecule has 4 aromatic rings. The third-order valence-corrected chi connectivity index (χ3v) is 4.23. The summed E-state index contributed by atoms with van der Waals surface area (Å²) < 4.78 is 5.17. The lowest BCUT2D eigenvalue weighted by Crippen LogP contribution is -2.12. The minimum atomic E-state index is -0.610. The van der Waals surface area contributed by atoms with Gasteiger partial charge in [-0.25, -0.2) is 4.98 Å². The average molecular weight is 376 g/mol. The second-order valence-corrected chi connectivity index (χ2v) is 6.54. The molecule has 2 aromatic carbocycles. The summed E-state index contributed by atoms with van der Waals surface area (Å²) in [5.41, 5.74) is 4.58. The fourth-order valence-corrected chi connectivity index (χ4v) is 3.07. The smallest absolute Gasteiger partial charge is 0.397 e. The summed E-state index contributed by atoms with van der Waals surface area (Å²) in [6.45, 7) is 3.94. The van der Waals surface area contributed by atoms with Crippen LogP contribution in [-0.2, 0) is 0 Å². The van der Waals surface area contributed by atoms with E-state index in [1.165, 1.54) is 12.1 Å². The van der Waals surface area contributed by atoms with Gasteiger partial charge in [0.1, 0.15) is 4.92 Å². The molecule has 0 bridgehead atoms. The molecule has 0 aliphatic rings. The van der Waals surface area contributed by atoms with Crippen molar-refractivity contribution in [2.75, 3.05) is 5.32 Å². The molecule has 0 radical (unpaired) electrons. The molecule has 0 unspecified atom stereocenters. The normalized spacial score (nSPS) is 10.9.